The predicted octanol–water partition coefficient (Wildman–Crippen LogP) is 0.833. The van der Waals surface area contributed by atoms with Crippen molar-refractivity contribution >= 4 is 18.0 Å². The van der Waals surface area contributed by atoms with Crippen LogP contribution in [0.2, 0.25) is 0 Å². The Morgan fingerprint density at radius 3 is 2.40 bits per heavy atom. The Morgan fingerprint density at radius 1 is 1.35 bits per heavy atom. The number of methoxy groups -OCH3 is 1. The van der Waals surface area contributed by atoms with E-state index < -0.39 is 29.6 Å². The van der Waals surface area contributed by atoms with Crippen molar-refractivity contribution in [3.8, 4) is 0 Å². The summed E-state index contributed by atoms with van der Waals surface area (Å²) in [4.78, 5) is 36.4. The van der Waals surface area contributed by atoms with E-state index in [1.165, 1.54) is 12.0 Å². The molecule has 114 valence electrons. The molecule has 0 radical (unpaired) electrons. The van der Waals surface area contributed by atoms with Crippen LogP contribution in [0.25, 0.3) is 0 Å². The molecule has 0 aromatic rings. The first-order valence-corrected chi connectivity index (χ1v) is 6.56. The molecular weight excluding hydrogens is 264 g/mol. The predicted molar refractivity (Wildman–Crippen MR) is 71.2 cm³/mol. The third-order valence-corrected chi connectivity index (χ3v) is 3.38. The van der Waals surface area contributed by atoms with E-state index in [0.29, 0.717) is 19.4 Å². The lowest BCUT2D eigenvalue weighted by atomic mass is 9.85. The molecule has 1 rings (SSSR count). The average Bonchev–Trinajstić information content (AvgIpc) is 2.82. The highest BCUT2D eigenvalue weighted by molar-refractivity contribution is 5.90. The minimum Gasteiger partial charge on any atom is -0.480 e. The molecule has 0 spiro atoms. The smallest absolute Gasteiger partial charge is 0.407 e. The summed E-state index contributed by atoms with van der Waals surface area (Å²) in [6, 6.07) is -1.64. The fourth-order valence-corrected chi connectivity index (χ4v) is 2.28. The maximum atomic E-state index is 12.6. The first kappa shape index (κ1) is 16.3. The highest BCUT2D eigenvalue weighted by Crippen LogP contribution is 2.25. The van der Waals surface area contributed by atoms with E-state index in [1.807, 2.05) is 0 Å². The number of hydrogen-bond acceptors (Lipinski definition) is 4. The van der Waals surface area contributed by atoms with Crippen LogP contribution < -0.4 is 5.32 Å². The van der Waals surface area contributed by atoms with Gasteiger partial charge in [-0.15, -0.1) is 0 Å². The van der Waals surface area contributed by atoms with E-state index in [-0.39, 0.29) is 5.91 Å². The van der Waals surface area contributed by atoms with Crippen molar-refractivity contribution in [3.63, 3.8) is 0 Å². The zero-order valence-corrected chi connectivity index (χ0v) is 12.3. The Hall–Kier alpha value is -1.79. The molecular formula is C13H22N2O5. The molecule has 0 bridgehead atoms. The van der Waals surface area contributed by atoms with Gasteiger partial charge in [0.05, 0.1) is 7.11 Å². The molecule has 2 N–H and O–H groups in total. The zero-order chi connectivity index (χ0) is 15.5. The summed E-state index contributed by atoms with van der Waals surface area (Å²) in [6.07, 6.45) is 0.387. The number of aliphatic carboxylic acids is 1. The summed E-state index contributed by atoms with van der Waals surface area (Å²) in [5.41, 5.74) is -0.545. The van der Waals surface area contributed by atoms with Crippen LogP contribution >= 0.6 is 0 Å². The Balaban J connectivity index is 2.93. The number of carboxylic acid groups (broad SMARTS) is 1. The van der Waals surface area contributed by atoms with Crippen LogP contribution in [0.1, 0.15) is 33.6 Å². The molecule has 7 nitrogen and oxygen atoms in total. The van der Waals surface area contributed by atoms with Crippen LogP contribution in [-0.2, 0) is 14.3 Å². The van der Waals surface area contributed by atoms with Crippen molar-refractivity contribution in [2.75, 3.05) is 13.7 Å². The maximum Gasteiger partial charge on any atom is 0.407 e. The van der Waals surface area contributed by atoms with Gasteiger partial charge in [0.25, 0.3) is 0 Å². The van der Waals surface area contributed by atoms with Crippen molar-refractivity contribution in [2.24, 2.45) is 5.41 Å². The molecule has 0 saturated carbocycles. The van der Waals surface area contributed by atoms with E-state index in [9.17, 15) is 14.4 Å². The quantitative estimate of drug-likeness (QED) is 0.801. The van der Waals surface area contributed by atoms with E-state index in [0.717, 1.165) is 0 Å². The second-order valence-electron chi connectivity index (χ2n) is 5.96. The normalized spacial score (nSPS) is 20.4. The molecule has 1 saturated heterocycles. The summed E-state index contributed by atoms with van der Waals surface area (Å²) >= 11 is 0. The van der Waals surface area contributed by atoms with Crippen LogP contribution in [0.15, 0.2) is 0 Å². The van der Waals surface area contributed by atoms with Crippen LogP contribution in [0.3, 0.4) is 0 Å². The van der Waals surface area contributed by atoms with Crippen molar-refractivity contribution in [2.45, 2.75) is 45.7 Å². The zero-order valence-electron chi connectivity index (χ0n) is 12.3. The van der Waals surface area contributed by atoms with Gasteiger partial charge in [0.1, 0.15) is 12.1 Å². The van der Waals surface area contributed by atoms with Gasteiger partial charge in [-0.1, -0.05) is 20.8 Å². The Labute approximate surface area is 118 Å². The topological polar surface area (TPSA) is 95.9 Å². The maximum absolute atomic E-state index is 12.6. The van der Waals surface area contributed by atoms with Crippen molar-refractivity contribution in [3.05, 3.63) is 0 Å². The van der Waals surface area contributed by atoms with Crippen LogP contribution in [0, 0.1) is 5.41 Å². The number of carboxylic acids is 1. The standard InChI is InChI=1S/C13H22N2O5/c1-13(2,3)9(14-12(19)20-4)10(16)15-7-5-6-8(15)11(17)18/h8-9H,5-7H2,1-4H3,(H,14,19)(H,17,18)/t8-,9+/m0/s1. The fraction of sp³-hybridized carbons (Fsp3) is 0.769. The molecule has 1 aliphatic heterocycles. The number of carbonyl (C=O) groups is 3. The van der Waals surface area contributed by atoms with Crippen molar-refractivity contribution in [1.82, 2.24) is 10.2 Å². The van der Waals surface area contributed by atoms with Gasteiger partial charge in [-0.25, -0.2) is 9.59 Å². The van der Waals surface area contributed by atoms with Crippen LogP contribution in [0.5, 0.6) is 0 Å². The lowest BCUT2D eigenvalue weighted by molar-refractivity contribution is -0.150. The Bertz CT molecular complexity index is 402. The van der Waals surface area contributed by atoms with E-state index in [2.05, 4.69) is 10.1 Å². The molecule has 20 heavy (non-hydrogen) atoms. The molecule has 7 heteroatoms. The van der Waals surface area contributed by atoms with Crippen LogP contribution in [0.4, 0.5) is 4.79 Å². The highest BCUT2D eigenvalue weighted by Gasteiger charge is 2.41. The number of ether oxygens (including phenoxy) is 1. The van der Waals surface area contributed by atoms with E-state index >= 15 is 0 Å². The van der Waals surface area contributed by atoms with E-state index in [1.54, 1.807) is 20.8 Å². The lowest BCUT2D eigenvalue weighted by Gasteiger charge is -2.34. The molecule has 0 unspecified atom stereocenters. The van der Waals surface area contributed by atoms with Gasteiger partial charge in [-0.05, 0) is 18.3 Å². The molecule has 2 atom stereocenters. The van der Waals surface area contributed by atoms with Crippen LogP contribution in [-0.4, -0.2) is 53.7 Å². The van der Waals surface area contributed by atoms with Crippen molar-refractivity contribution < 1.29 is 24.2 Å². The summed E-state index contributed by atoms with van der Waals surface area (Å²) in [6.45, 7) is 5.80. The first-order chi connectivity index (χ1) is 9.18. The highest BCUT2D eigenvalue weighted by atomic mass is 16.5. The molecule has 1 aliphatic rings. The second-order valence-corrected chi connectivity index (χ2v) is 5.96. The largest absolute Gasteiger partial charge is 0.480 e. The summed E-state index contributed by atoms with van der Waals surface area (Å²) in [5, 5.41) is 11.6. The van der Waals surface area contributed by atoms with Gasteiger partial charge in [0, 0.05) is 6.54 Å². The number of rotatable bonds is 3. The van der Waals surface area contributed by atoms with Gasteiger partial charge in [0.15, 0.2) is 0 Å². The molecule has 1 heterocycles. The third-order valence-electron chi connectivity index (χ3n) is 3.38. The molecule has 0 aromatic heterocycles. The number of hydrogen-bond donors (Lipinski definition) is 2. The molecule has 1 fully saturated rings. The number of likely N-dealkylation sites (tertiary alicyclic amines) is 1. The third kappa shape index (κ3) is 3.61. The lowest BCUT2D eigenvalue weighted by Crippen LogP contribution is -2.56. The summed E-state index contributed by atoms with van der Waals surface area (Å²) < 4.78 is 4.53. The first-order valence-electron chi connectivity index (χ1n) is 6.56. The van der Waals surface area contributed by atoms with Gasteiger partial charge in [-0.3, -0.25) is 4.79 Å². The van der Waals surface area contributed by atoms with Gasteiger partial charge >= 0.3 is 12.1 Å². The summed E-state index contributed by atoms with van der Waals surface area (Å²) in [5.74, 6) is -1.39. The summed E-state index contributed by atoms with van der Waals surface area (Å²) in [7, 11) is 1.22. The van der Waals surface area contributed by atoms with E-state index in [4.69, 9.17) is 5.11 Å². The van der Waals surface area contributed by atoms with Gasteiger partial charge in [0.2, 0.25) is 5.91 Å². The monoisotopic (exact) mass is 286 g/mol. The number of alkyl carbamates (subject to hydrolysis) is 1. The SMILES string of the molecule is COC(=O)N[C@H](C(=O)N1CCC[C@H]1C(=O)O)C(C)(C)C. The van der Waals surface area contributed by atoms with Crippen molar-refractivity contribution in [1.29, 1.82) is 0 Å². The Kier molecular flexibility index (Phi) is 4.97. The minimum atomic E-state index is -1.01. The minimum absolute atomic E-state index is 0.382. The molecule has 0 aromatic carbocycles. The fourth-order valence-electron chi connectivity index (χ4n) is 2.28. The molecule has 0 aliphatic carbocycles. The number of amides is 2. The van der Waals surface area contributed by atoms with Gasteiger partial charge < -0.3 is 20.1 Å². The number of carbonyl (C=O) groups excluding carboxylic acids is 2. The average molecular weight is 286 g/mol. The number of nitrogens with one attached hydrogen (secondary N) is 1. The van der Waals surface area contributed by atoms with Gasteiger partial charge in [-0.2, -0.15) is 0 Å². The molecule has 2 amide bonds. The Morgan fingerprint density at radius 2 is 1.95 bits per heavy atom. The number of nitrogens with zero attached hydrogens (tertiary/aromatic N) is 1. The second kappa shape index (κ2) is 6.11.